The number of urea groups is 1. The van der Waals surface area contributed by atoms with E-state index >= 15 is 0 Å². The number of nitrogens with zero attached hydrogens (tertiary/aromatic N) is 1. The van der Waals surface area contributed by atoms with Crippen LogP contribution in [0.15, 0.2) is 48.5 Å². The second kappa shape index (κ2) is 8.46. The molecule has 3 amide bonds. The van der Waals surface area contributed by atoms with Gasteiger partial charge in [-0.1, -0.05) is 36.4 Å². The van der Waals surface area contributed by atoms with Gasteiger partial charge in [0.2, 0.25) is 0 Å². The molecule has 0 spiro atoms. The molecule has 0 saturated carbocycles. The molecule has 2 aromatic carbocycles. The van der Waals surface area contributed by atoms with Crippen LogP contribution in [-0.4, -0.2) is 29.9 Å². The average Bonchev–Trinajstić information content (AvgIpc) is 3.15. The van der Waals surface area contributed by atoms with Crippen LogP contribution in [-0.2, 0) is 13.0 Å². The van der Waals surface area contributed by atoms with Crippen molar-refractivity contribution in [2.75, 3.05) is 13.1 Å². The lowest BCUT2D eigenvalue weighted by molar-refractivity contribution is 0.0724. The molecule has 1 aliphatic carbocycles. The number of hydrogen-bond donors (Lipinski definition) is 2. The number of fused-ring (bicyclic) bond motifs is 1. The van der Waals surface area contributed by atoms with Gasteiger partial charge in [-0.2, -0.15) is 0 Å². The van der Waals surface area contributed by atoms with E-state index in [0.717, 1.165) is 49.9 Å². The maximum atomic E-state index is 12.5. The quantitative estimate of drug-likeness (QED) is 0.851. The third-order valence-corrected chi connectivity index (χ3v) is 5.74. The van der Waals surface area contributed by atoms with E-state index in [2.05, 4.69) is 22.8 Å². The number of likely N-dealkylation sites (tertiary alicyclic amines) is 1. The molecular weight excluding hydrogens is 350 g/mol. The van der Waals surface area contributed by atoms with Gasteiger partial charge >= 0.3 is 6.03 Å². The van der Waals surface area contributed by atoms with Crippen LogP contribution < -0.4 is 10.6 Å². The highest BCUT2D eigenvalue weighted by Gasteiger charge is 2.23. The van der Waals surface area contributed by atoms with Crippen LogP contribution in [0.1, 0.15) is 58.8 Å². The van der Waals surface area contributed by atoms with E-state index in [0.29, 0.717) is 6.54 Å². The van der Waals surface area contributed by atoms with E-state index in [1.54, 1.807) is 0 Å². The lowest BCUT2D eigenvalue weighted by atomic mass is 10.1. The van der Waals surface area contributed by atoms with Crippen molar-refractivity contribution in [2.24, 2.45) is 0 Å². The molecule has 5 heteroatoms. The molecular formula is C23H27N3O2. The van der Waals surface area contributed by atoms with Crippen LogP contribution in [0.5, 0.6) is 0 Å². The smallest absolute Gasteiger partial charge is 0.315 e. The summed E-state index contributed by atoms with van der Waals surface area (Å²) in [6.07, 6.45) is 5.35. The molecule has 0 radical (unpaired) electrons. The Labute approximate surface area is 166 Å². The highest BCUT2D eigenvalue weighted by Crippen LogP contribution is 2.30. The molecule has 1 atom stereocenters. The fraction of sp³-hybridized carbons (Fsp3) is 0.391. The van der Waals surface area contributed by atoms with E-state index in [1.807, 2.05) is 41.3 Å². The zero-order valence-corrected chi connectivity index (χ0v) is 16.1. The van der Waals surface area contributed by atoms with Gasteiger partial charge in [-0.25, -0.2) is 4.79 Å². The minimum atomic E-state index is -0.157. The minimum Gasteiger partial charge on any atom is -0.339 e. The van der Waals surface area contributed by atoms with Crippen LogP contribution in [0.4, 0.5) is 4.79 Å². The fourth-order valence-electron chi connectivity index (χ4n) is 4.14. The molecule has 1 aliphatic heterocycles. The van der Waals surface area contributed by atoms with Crippen molar-refractivity contribution in [3.05, 3.63) is 70.8 Å². The van der Waals surface area contributed by atoms with Gasteiger partial charge in [0.25, 0.3) is 5.91 Å². The Kier molecular flexibility index (Phi) is 5.60. The summed E-state index contributed by atoms with van der Waals surface area (Å²) in [5, 5.41) is 5.99. The first-order valence-electron chi connectivity index (χ1n) is 10.2. The van der Waals surface area contributed by atoms with Gasteiger partial charge < -0.3 is 15.5 Å². The Morgan fingerprint density at radius 3 is 2.50 bits per heavy atom. The van der Waals surface area contributed by atoms with E-state index in [4.69, 9.17) is 0 Å². The topological polar surface area (TPSA) is 61.4 Å². The molecule has 146 valence electrons. The number of amides is 3. The number of benzene rings is 2. The minimum absolute atomic E-state index is 0.0840. The monoisotopic (exact) mass is 377 g/mol. The average molecular weight is 377 g/mol. The van der Waals surface area contributed by atoms with Crippen LogP contribution in [0.2, 0.25) is 0 Å². The Bertz CT molecular complexity index is 841. The molecule has 28 heavy (non-hydrogen) atoms. The standard InChI is InChI=1S/C23H27N3O2/c27-22(26-14-4-1-5-15-26)19-10-8-17(9-11-19)16-24-23(28)25-21-13-12-18-6-2-3-7-20(18)21/h2-3,6-11,21H,1,4-5,12-16H2,(H2,24,25,28)/t21-/m1/s1. The van der Waals surface area contributed by atoms with Crippen molar-refractivity contribution in [2.45, 2.75) is 44.7 Å². The van der Waals surface area contributed by atoms with Crippen molar-refractivity contribution in [3.8, 4) is 0 Å². The summed E-state index contributed by atoms with van der Waals surface area (Å²) < 4.78 is 0. The van der Waals surface area contributed by atoms with Crippen molar-refractivity contribution in [3.63, 3.8) is 0 Å². The summed E-state index contributed by atoms with van der Waals surface area (Å²) in [6, 6.07) is 15.8. The Hall–Kier alpha value is -2.82. The largest absolute Gasteiger partial charge is 0.339 e. The number of nitrogens with one attached hydrogen (secondary N) is 2. The van der Waals surface area contributed by atoms with Gasteiger partial charge in [0.05, 0.1) is 6.04 Å². The lowest BCUT2D eigenvalue weighted by Crippen LogP contribution is -2.37. The number of piperidine rings is 1. The normalized spacial score (nSPS) is 18.4. The molecule has 1 fully saturated rings. The van der Waals surface area contributed by atoms with E-state index in [-0.39, 0.29) is 18.0 Å². The van der Waals surface area contributed by atoms with Crippen LogP contribution >= 0.6 is 0 Å². The summed E-state index contributed by atoms with van der Waals surface area (Å²) in [4.78, 5) is 26.7. The molecule has 5 nitrogen and oxygen atoms in total. The molecule has 2 N–H and O–H groups in total. The summed E-state index contributed by atoms with van der Waals surface area (Å²) in [6.45, 7) is 2.15. The summed E-state index contributed by atoms with van der Waals surface area (Å²) in [7, 11) is 0. The number of aryl methyl sites for hydroxylation is 1. The zero-order valence-electron chi connectivity index (χ0n) is 16.1. The Balaban J connectivity index is 1.28. The second-order valence-corrected chi connectivity index (χ2v) is 7.67. The van der Waals surface area contributed by atoms with Gasteiger partial charge in [0, 0.05) is 25.2 Å². The van der Waals surface area contributed by atoms with E-state index < -0.39 is 0 Å². The second-order valence-electron chi connectivity index (χ2n) is 7.67. The number of hydrogen-bond acceptors (Lipinski definition) is 2. The molecule has 0 bridgehead atoms. The molecule has 0 unspecified atom stereocenters. The summed E-state index contributed by atoms with van der Waals surface area (Å²) in [5.74, 6) is 0.108. The van der Waals surface area contributed by atoms with E-state index in [1.165, 1.54) is 17.5 Å². The van der Waals surface area contributed by atoms with Crippen molar-refractivity contribution < 1.29 is 9.59 Å². The first-order valence-corrected chi connectivity index (χ1v) is 10.2. The Morgan fingerprint density at radius 1 is 0.964 bits per heavy atom. The number of rotatable bonds is 4. The third-order valence-electron chi connectivity index (χ3n) is 5.74. The zero-order chi connectivity index (χ0) is 19.3. The SMILES string of the molecule is O=C(NCc1ccc(C(=O)N2CCCCC2)cc1)N[C@@H]1CCc2ccccc21. The molecule has 4 rings (SSSR count). The van der Waals surface area contributed by atoms with Crippen LogP contribution in [0.3, 0.4) is 0 Å². The lowest BCUT2D eigenvalue weighted by Gasteiger charge is -2.26. The third kappa shape index (κ3) is 4.19. The van der Waals surface area contributed by atoms with E-state index in [9.17, 15) is 9.59 Å². The first kappa shape index (κ1) is 18.5. The summed E-state index contributed by atoms with van der Waals surface area (Å²) in [5.41, 5.74) is 4.25. The maximum Gasteiger partial charge on any atom is 0.315 e. The molecule has 1 heterocycles. The molecule has 1 saturated heterocycles. The predicted octanol–water partition coefficient (Wildman–Crippen LogP) is 3.80. The van der Waals surface area contributed by atoms with Gasteiger partial charge in [-0.3, -0.25) is 4.79 Å². The molecule has 0 aromatic heterocycles. The number of carbonyl (C=O) groups excluding carboxylic acids is 2. The van der Waals surface area contributed by atoms with Gasteiger partial charge in [0.15, 0.2) is 0 Å². The van der Waals surface area contributed by atoms with Gasteiger partial charge in [0.1, 0.15) is 0 Å². The summed E-state index contributed by atoms with van der Waals surface area (Å²) >= 11 is 0. The highest BCUT2D eigenvalue weighted by molar-refractivity contribution is 5.94. The van der Waals surface area contributed by atoms with Crippen LogP contribution in [0.25, 0.3) is 0 Å². The molecule has 2 aromatic rings. The predicted molar refractivity (Wildman–Crippen MR) is 109 cm³/mol. The fourth-order valence-corrected chi connectivity index (χ4v) is 4.14. The highest BCUT2D eigenvalue weighted by atomic mass is 16.2. The van der Waals surface area contributed by atoms with Gasteiger partial charge in [-0.15, -0.1) is 0 Å². The first-order chi connectivity index (χ1) is 13.7. The number of carbonyl (C=O) groups is 2. The van der Waals surface area contributed by atoms with Crippen molar-refractivity contribution >= 4 is 11.9 Å². The van der Waals surface area contributed by atoms with Crippen molar-refractivity contribution in [1.82, 2.24) is 15.5 Å². The Morgan fingerprint density at radius 2 is 1.71 bits per heavy atom. The van der Waals surface area contributed by atoms with Gasteiger partial charge in [-0.05, 0) is 60.9 Å². The van der Waals surface area contributed by atoms with Crippen molar-refractivity contribution in [1.29, 1.82) is 0 Å². The molecule has 2 aliphatic rings. The van der Waals surface area contributed by atoms with Crippen LogP contribution in [0, 0.1) is 0 Å². The maximum absolute atomic E-state index is 12.5.